The standard InChI is InChI=1S/C16H21N3O4/c1-6-10(2)13-11(9-17)7-8-12(18-13)19(14(20)21)15(22)23-16(3,4)5/h7-8,10H,6H2,1-5H3,(H,20,21)/t10-/m0/s1. The molecule has 0 aromatic carbocycles. The number of nitriles is 1. The van der Waals surface area contributed by atoms with Gasteiger partial charge in [-0.3, -0.25) is 0 Å². The fourth-order valence-electron chi connectivity index (χ4n) is 1.83. The number of anilines is 1. The first-order valence-corrected chi connectivity index (χ1v) is 7.27. The second-order valence-corrected chi connectivity index (χ2v) is 6.12. The van der Waals surface area contributed by atoms with Crippen LogP contribution >= 0.6 is 0 Å². The Kier molecular flexibility index (Phi) is 5.68. The fraction of sp³-hybridized carbons (Fsp3) is 0.500. The second kappa shape index (κ2) is 7.09. The highest BCUT2D eigenvalue weighted by molar-refractivity contribution is 6.07. The highest BCUT2D eigenvalue weighted by Gasteiger charge is 2.30. The largest absolute Gasteiger partial charge is 0.464 e. The van der Waals surface area contributed by atoms with Gasteiger partial charge in [-0.05, 0) is 45.2 Å². The summed E-state index contributed by atoms with van der Waals surface area (Å²) in [6, 6.07) is 4.81. The lowest BCUT2D eigenvalue weighted by Gasteiger charge is -2.24. The Bertz CT molecular complexity index is 644. The molecule has 0 aliphatic heterocycles. The molecule has 0 saturated heterocycles. The molecular weight excluding hydrogens is 298 g/mol. The van der Waals surface area contributed by atoms with Crippen LogP contribution in [0.25, 0.3) is 0 Å². The van der Waals surface area contributed by atoms with Gasteiger partial charge < -0.3 is 9.84 Å². The van der Waals surface area contributed by atoms with Crippen molar-refractivity contribution < 1.29 is 19.4 Å². The predicted molar refractivity (Wildman–Crippen MR) is 84.4 cm³/mol. The minimum Gasteiger partial charge on any atom is -0.464 e. The van der Waals surface area contributed by atoms with Gasteiger partial charge in [0.05, 0.1) is 11.3 Å². The highest BCUT2D eigenvalue weighted by atomic mass is 16.6. The summed E-state index contributed by atoms with van der Waals surface area (Å²) < 4.78 is 5.10. The third-order valence-electron chi connectivity index (χ3n) is 3.11. The van der Waals surface area contributed by atoms with Crippen molar-refractivity contribution in [1.29, 1.82) is 5.26 Å². The van der Waals surface area contributed by atoms with E-state index in [9.17, 15) is 14.7 Å². The van der Waals surface area contributed by atoms with Crippen molar-refractivity contribution in [3.8, 4) is 6.07 Å². The number of carbonyl (C=O) groups is 2. The Balaban J connectivity index is 3.32. The Hall–Kier alpha value is -2.62. The van der Waals surface area contributed by atoms with E-state index in [1.807, 2.05) is 19.9 Å². The maximum atomic E-state index is 12.1. The second-order valence-electron chi connectivity index (χ2n) is 6.12. The average molecular weight is 319 g/mol. The van der Waals surface area contributed by atoms with Gasteiger partial charge in [-0.15, -0.1) is 0 Å². The molecule has 1 atom stereocenters. The van der Waals surface area contributed by atoms with Crippen LogP contribution in [-0.2, 0) is 4.74 Å². The lowest BCUT2D eigenvalue weighted by atomic mass is 10.00. The first-order chi connectivity index (χ1) is 10.6. The molecule has 23 heavy (non-hydrogen) atoms. The lowest BCUT2D eigenvalue weighted by Crippen LogP contribution is -2.40. The van der Waals surface area contributed by atoms with Gasteiger partial charge in [-0.1, -0.05) is 13.8 Å². The Morgan fingerprint density at radius 1 is 1.43 bits per heavy atom. The topological polar surface area (TPSA) is 104 Å². The normalized spacial score (nSPS) is 12.2. The molecule has 0 spiro atoms. The number of carbonyl (C=O) groups excluding carboxylic acids is 1. The van der Waals surface area contributed by atoms with Crippen molar-refractivity contribution in [2.45, 2.75) is 52.6 Å². The van der Waals surface area contributed by atoms with Crippen LogP contribution in [-0.4, -0.2) is 27.9 Å². The van der Waals surface area contributed by atoms with Crippen LogP contribution in [0.3, 0.4) is 0 Å². The van der Waals surface area contributed by atoms with Crippen LogP contribution in [0.5, 0.6) is 0 Å². The molecule has 7 heteroatoms. The monoisotopic (exact) mass is 319 g/mol. The molecule has 0 radical (unpaired) electrons. The van der Waals surface area contributed by atoms with E-state index in [1.54, 1.807) is 20.8 Å². The number of amides is 2. The molecule has 0 fully saturated rings. The molecule has 0 unspecified atom stereocenters. The van der Waals surface area contributed by atoms with E-state index in [4.69, 9.17) is 10.00 Å². The van der Waals surface area contributed by atoms with Crippen molar-refractivity contribution in [3.05, 3.63) is 23.4 Å². The molecular formula is C16H21N3O4. The molecule has 7 nitrogen and oxygen atoms in total. The first kappa shape index (κ1) is 18.4. The van der Waals surface area contributed by atoms with E-state index in [0.717, 1.165) is 6.42 Å². The molecule has 0 bridgehead atoms. The van der Waals surface area contributed by atoms with Crippen LogP contribution in [0, 0.1) is 11.3 Å². The van der Waals surface area contributed by atoms with Gasteiger partial charge in [0.25, 0.3) is 0 Å². The highest BCUT2D eigenvalue weighted by Crippen LogP contribution is 2.25. The molecule has 1 aromatic heterocycles. The van der Waals surface area contributed by atoms with Crippen LogP contribution in [0.15, 0.2) is 12.1 Å². The van der Waals surface area contributed by atoms with Crippen molar-refractivity contribution in [1.82, 2.24) is 4.98 Å². The maximum Gasteiger partial charge on any atom is 0.425 e. The molecule has 1 N–H and O–H groups in total. The summed E-state index contributed by atoms with van der Waals surface area (Å²) in [5, 5.41) is 18.5. The van der Waals surface area contributed by atoms with Crippen LogP contribution < -0.4 is 4.90 Å². The molecule has 1 heterocycles. The van der Waals surface area contributed by atoms with Gasteiger partial charge in [0, 0.05) is 0 Å². The van der Waals surface area contributed by atoms with Crippen LogP contribution in [0.2, 0.25) is 0 Å². The minimum atomic E-state index is -1.49. The maximum absolute atomic E-state index is 12.1. The summed E-state index contributed by atoms with van der Waals surface area (Å²) in [6.07, 6.45) is -1.80. The van der Waals surface area contributed by atoms with Gasteiger partial charge in [0.15, 0.2) is 0 Å². The van der Waals surface area contributed by atoms with E-state index < -0.39 is 17.8 Å². The SMILES string of the molecule is CC[C@H](C)c1nc(N(C(=O)O)C(=O)OC(C)(C)C)ccc1C#N. The lowest BCUT2D eigenvalue weighted by molar-refractivity contribution is 0.0581. The predicted octanol–water partition coefficient (Wildman–Crippen LogP) is 3.89. The zero-order valence-corrected chi connectivity index (χ0v) is 14.0. The fourth-order valence-corrected chi connectivity index (χ4v) is 1.83. The zero-order chi connectivity index (χ0) is 17.8. The zero-order valence-electron chi connectivity index (χ0n) is 14.0. The van der Waals surface area contributed by atoms with Gasteiger partial charge in [0.1, 0.15) is 17.5 Å². The Morgan fingerprint density at radius 3 is 2.48 bits per heavy atom. The molecule has 124 valence electrons. The number of hydrogen-bond acceptors (Lipinski definition) is 5. The number of imide groups is 1. The molecule has 0 aliphatic rings. The van der Waals surface area contributed by atoms with Gasteiger partial charge >= 0.3 is 12.2 Å². The quantitative estimate of drug-likeness (QED) is 0.906. The van der Waals surface area contributed by atoms with E-state index in [-0.39, 0.29) is 11.7 Å². The number of rotatable bonds is 3. The smallest absolute Gasteiger partial charge is 0.425 e. The summed E-state index contributed by atoms with van der Waals surface area (Å²) in [7, 11) is 0. The van der Waals surface area contributed by atoms with Gasteiger partial charge in [-0.2, -0.15) is 10.2 Å². The Labute approximate surface area is 135 Å². The van der Waals surface area contributed by atoms with Gasteiger partial charge in [-0.25, -0.2) is 14.6 Å². The van der Waals surface area contributed by atoms with Crippen molar-refractivity contribution in [3.63, 3.8) is 0 Å². The van der Waals surface area contributed by atoms with Gasteiger partial charge in [0.2, 0.25) is 0 Å². The average Bonchev–Trinajstić information content (AvgIpc) is 2.44. The minimum absolute atomic E-state index is 0.0427. The van der Waals surface area contributed by atoms with Crippen molar-refractivity contribution >= 4 is 18.0 Å². The number of pyridine rings is 1. The molecule has 0 saturated carbocycles. The van der Waals surface area contributed by atoms with Crippen LogP contribution in [0.4, 0.5) is 15.4 Å². The van der Waals surface area contributed by atoms with E-state index >= 15 is 0 Å². The number of ether oxygens (including phenoxy) is 1. The number of aromatic nitrogens is 1. The summed E-state index contributed by atoms with van der Waals surface area (Å²) in [6.45, 7) is 8.74. The van der Waals surface area contributed by atoms with E-state index in [0.29, 0.717) is 16.2 Å². The first-order valence-electron chi connectivity index (χ1n) is 7.27. The number of carboxylic acid groups (broad SMARTS) is 1. The Morgan fingerprint density at radius 2 is 2.04 bits per heavy atom. The third-order valence-corrected chi connectivity index (χ3v) is 3.11. The van der Waals surface area contributed by atoms with Crippen molar-refractivity contribution in [2.75, 3.05) is 4.90 Å². The van der Waals surface area contributed by atoms with E-state index in [2.05, 4.69) is 4.98 Å². The molecule has 1 aromatic rings. The molecule has 1 rings (SSSR count). The summed E-state index contributed by atoms with van der Waals surface area (Å²) in [4.78, 5) is 28.2. The summed E-state index contributed by atoms with van der Waals surface area (Å²) in [5.41, 5.74) is -0.0170. The third kappa shape index (κ3) is 4.68. The van der Waals surface area contributed by atoms with E-state index in [1.165, 1.54) is 12.1 Å². The van der Waals surface area contributed by atoms with Crippen LogP contribution in [0.1, 0.15) is 58.2 Å². The number of nitrogens with zero attached hydrogens (tertiary/aromatic N) is 3. The van der Waals surface area contributed by atoms with Crippen molar-refractivity contribution in [2.24, 2.45) is 0 Å². The number of hydrogen-bond donors (Lipinski definition) is 1. The molecule has 2 amide bonds. The summed E-state index contributed by atoms with van der Waals surface area (Å²) in [5.74, 6) is -0.125. The molecule has 0 aliphatic carbocycles. The summed E-state index contributed by atoms with van der Waals surface area (Å²) >= 11 is 0.